The number of nitrogens with one attached hydrogen (secondary N) is 1. The van der Waals surface area contributed by atoms with Crippen LogP contribution in [-0.2, 0) is 13.5 Å². The highest BCUT2D eigenvalue weighted by molar-refractivity contribution is 5.02. The molecule has 0 radical (unpaired) electrons. The summed E-state index contributed by atoms with van der Waals surface area (Å²) in [5.41, 5.74) is 0.0589. The van der Waals surface area contributed by atoms with Crippen molar-refractivity contribution in [2.45, 2.75) is 32.2 Å². The Hall–Kier alpha value is -1.16. The topological polar surface area (TPSA) is 42.7 Å². The van der Waals surface area contributed by atoms with Gasteiger partial charge in [0.05, 0.1) is 0 Å². The van der Waals surface area contributed by atoms with Gasteiger partial charge in [0.2, 0.25) is 0 Å². The van der Waals surface area contributed by atoms with Crippen LogP contribution >= 0.6 is 0 Å². The van der Waals surface area contributed by atoms with Crippen LogP contribution in [0.2, 0.25) is 0 Å². The lowest BCUT2D eigenvalue weighted by atomic mass is 9.86. The van der Waals surface area contributed by atoms with Gasteiger partial charge in [-0.2, -0.15) is 5.10 Å². The molecule has 1 unspecified atom stereocenters. The van der Waals surface area contributed by atoms with E-state index in [0.717, 1.165) is 24.8 Å². The lowest BCUT2D eigenvalue weighted by Gasteiger charge is -2.25. The fourth-order valence-corrected chi connectivity index (χ4v) is 1.71. The summed E-state index contributed by atoms with van der Waals surface area (Å²) in [6.45, 7) is 7.12. The molecular weight excluding hydrogens is 200 g/mol. The monoisotopic (exact) mass is 220 g/mol. The predicted octanol–water partition coefficient (Wildman–Crippen LogP) is 1.30. The minimum atomic E-state index is 0.0589. The largest absolute Gasteiger partial charge is 0.313 e. The van der Waals surface area contributed by atoms with Crippen LogP contribution < -0.4 is 5.32 Å². The Bertz CT molecular complexity index is 367. The first kappa shape index (κ1) is 11.3. The summed E-state index contributed by atoms with van der Waals surface area (Å²) in [5.74, 6) is 1.01. The first-order chi connectivity index (χ1) is 7.63. The van der Waals surface area contributed by atoms with Gasteiger partial charge in [0.15, 0.2) is 0 Å². The molecule has 1 N–H and O–H groups in total. The molecule has 1 heterocycles. The molecule has 0 amide bonds. The zero-order chi connectivity index (χ0) is 11.6. The van der Waals surface area contributed by atoms with E-state index in [9.17, 15) is 0 Å². The van der Waals surface area contributed by atoms with Gasteiger partial charge in [-0.05, 0) is 12.8 Å². The Morgan fingerprint density at radius 2 is 2.44 bits per heavy atom. The Labute approximate surface area is 96.8 Å². The normalized spacial score (nSPS) is 19.4. The van der Waals surface area contributed by atoms with Crippen molar-refractivity contribution < 1.29 is 0 Å². The van der Waals surface area contributed by atoms with Crippen LogP contribution in [0.4, 0.5) is 0 Å². The Morgan fingerprint density at radius 3 is 2.94 bits per heavy atom. The van der Waals surface area contributed by atoms with E-state index in [-0.39, 0.29) is 5.41 Å². The highest BCUT2D eigenvalue weighted by Crippen LogP contribution is 2.25. The van der Waals surface area contributed by atoms with Gasteiger partial charge in [-0.15, -0.1) is 6.58 Å². The zero-order valence-corrected chi connectivity index (χ0v) is 10.1. The summed E-state index contributed by atoms with van der Waals surface area (Å²) in [4.78, 5) is 4.27. The second-order valence-electron chi connectivity index (χ2n) is 4.99. The summed E-state index contributed by atoms with van der Waals surface area (Å²) in [5, 5.41) is 7.64. The Morgan fingerprint density at radius 1 is 1.69 bits per heavy atom. The first-order valence-electron chi connectivity index (χ1n) is 5.83. The van der Waals surface area contributed by atoms with Crippen LogP contribution in [0.15, 0.2) is 19.0 Å². The summed E-state index contributed by atoms with van der Waals surface area (Å²) >= 11 is 0. The second-order valence-corrected chi connectivity index (χ2v) is 4.99. The summed E-state index contributed by atoms with van der Waals surface area (Å²) in [6.07, 6.45) is 7.14. The van der Waals surface area contributed by atoms with Crippen molar-refractivity contribution in [3.63, 3.8) is 0 Å². The number of nitrogens with zero attached hydrogens (tertiary/aromatic N) is 3. The van der Waals surface area contributed by atoms with Crippen molar-refractivity contribution in [2.75, 3.05) is 6.54 Å². The standard InChI is InChI=1S/C12H20N4/c1-4-12(2,8-13-10-5-6-10)7-11-14-9-15-16(11)3/h4,9-10,13H,1,5-8H2,2-3H3. The van der Waals surface area contributed by atoms with E-state index in [4.69, 9.17) is 0 Å². The van der Waals surface area contributed by atoms with Gasteiger partial charge < -0.3 is 5.32 Å². The molecule has 0 spiro atoms. The molecule has 4 nitrogen and oxygen atoms in total. The molecule has 4 heteroatoms. The van der Waals surface area contributed by atoms with Gasteiger partial charge in [0.25, 0.3) is 0 Å². The SMILES string of the molecule is C=CC(C)(CNC1CC1)Cc1ncnn1C. The minimum absolute atomic E-state index is 0.0589. The molecule has 0 saturated heterocycles. The summed E-state index contributed by atoms with van der Waals surface area (Å²) < 4.78 is 1.83. The minimum Gasteiger partial charge on any atom is -0.313 e. The highest BCUT2D eigenvalue weighted by Gasteiger charge is 2.27. The van der Waals surface area contributed by atoms with Gasteiger partial charge >= 0.3 is 0 Å². The van der Waals surface area contributed by atoms with Gasteiger partial charge in [-0.1, -0.05) is 13.0 Å². The maximum Gasteiger partial charge on any atom is 0.138 e. The number of aromatic nitrogens is 3. The summed E-state index contributed by atoms with van der Waals surface area (Å²) in [6, 6.07) is 0.735. The summed E-state index contributed by atoms with van der Waals surface area (Å²) in [7, 11) is 1.93. The van der Waals surface area contributed by atoms with Crippen LogP contribution in [0.5, 0.6) is 0 Å². The predicted molar refractivity (Wildman–Crippen MR) is 64.0 cm³/mol. The molecule has 0 bridgehead atoms. The quantitative estimate of drug-likeness (QED) is 0.735. The Kier molecular flexibility index (Phi) is 3.10. The molecule has 1 aromatic rings. The number of aryl methyl sites for hydroxylation is 1. The molecule has 1 atom stereocenters. The fourth-order valence-electron chi connectivity index (χ4n) is 1.71. The maximum atomic E-state index is 4.27. The smallest absolute Gasteiger partial charge is 0.138 e. The number of hydrogen-bond donors (Lipinski definition) is 1. The zero-order valence-electron chi connectivity index (χ0n) is 10.1. The third-order valence-corrected chi connectivity index (χ3v) is 3.23. The van der Waals surface area contributed by atoms with E-state index in [0.29, 0.717) is 0 Å². The lowest BCUT2D eigenvalue weighted by Crippen LogP contribution is -2.34. The van der Waals surface area contributed by atoms with Gasteiger partial charge in [-0.25, -0.2) is 4.98 Å². The van der Waals surface area contributed by atoms with Crippen molar-refractivity contribution in [1.29, 1.82) is 0 Å². The van der Waals surface area contributed by atoms with Crippen LogP contribution in [0.25, 0.3) is 0 Å². The van der Waals surface area contributed by atoms with Crippen LogP contribution in [0, 0.1) is 5.41 Å². The van der Waals surface area contributed by atoms with Crippen molar-refractivity contribution in [2.24, 2.45) is 12.5 Å². The molecule has 1 aliphatic carbocycles. The maximum absolute atomic E-state index is 4.27. The van der Waals surface area contributed by atoms with Gasteiger partial charge in [0.1, 0.15) is 12.2 Å². The molecule has 1 aliphatic rings. The molecular formula is C12H20N4. The van der Waals surface area contributed by atoms with Crippen molar-refractivity contribution in [3.05, 3.63) is 24.8 Å². The Balaban J connectivity index is 1.96. The molecule has 88 valence electrons. The van der Waals surface area contributed by atoms with E-state index in [1.165, 1.54) is 12.8 Å². The molecule has 1 aromatic heterocycles. The van der Waals surface area contributed by atoms with Crippen LogP contribution in [-0.4, -0.2) is 27.4 Å². The van der Waals surface area contributed by atoms with E-state index in [2.05, 4.69) is 28.9 Å². The van der Waals surface area contributed by atoms with Crippen LogP contribution in [0.1, 0.15) is 25.6 Å². The third-order valence-electron chi connectivity index (χ3n) is 3.23. The third kappa shape index (κ3) is 2.70. The lowest BCUT2D eigenvalue weighted by molar-refractivity contribution is 0.375. The van der Waals surface area contributed by atoms with Gasteiger partial charge in [0, 0.05) is 31.5 Å². The average molecular weight is 220 g/mol. The van der Waals surface area contributed by atoms with E-state index in [1.807, 2.05) is 17.8 Å². The second kappa shape index (κ2) is 4.37. The van der Waals surface area contributed by atoms with Crippen LogP contribution in [0.3, 0.4) is 0 Å². The van der Waals surface area contributed by atoms with Crippen molar-refractivity contribution in [1.82, 2.24) is 20.1 Å². The van der Waals surface area contributed by atoms with E-state index >= 15 is 0 Å². The van der Waals surface area contributed by atoms with Crippen molar-refractivity contribution >= 4 is 0 Å². The fraction of sp³-hybridized carbons (Fsp3) is 0.667. The molecule has 1 fully saturated rings. The number of hydrogen-bond acceptors (Lipinski definition) is 3. The van der Waals surface area contributed by atoms with Crippen molar-refractivity contribution in [3.8, 4) is 0 Å². The highest BCUT2D eigenvalue weighted by atomic mass is 15.3. The van der Waals surface area contributed by atoms with E-state index < -0.39 is 0 Å². The van der Waals surface area contributed by atoms with E-state index in [1.54, 1.807) is 6.33 Å². The molecule has 0 aliphatic heterocycles. The van der Waals surface area contributed by atoms with Gasteiger partial charge in [-0.3, -0.25) is 4.68 Å². The molecule has 2 rings (SSSR count). The molecule has 1 saturated carbocycles. The molecule has 16 heavy (non-hydrogen) atoms. The number of rotatable bonds is 6. The first-order valence-corrected chi connectivity index (χ1v) is 5.83. The molecule has 0 aromatic carbocycles. The average Bonchev–Trinajstić information content (AvgIpc) is 3.02.